The summed E-state index contributed by atoms with van der Waals surface area (Å²) in [5.41, 5.74) is 2.30. The highest BCUT2D eigenvalue weighted by molar-refractivity contribution is 7.92. The molecule has 0 aromatic heterocycles. The maximum absolute atomic E-state index is 14.7. The van der Waals surface area contributed by atoms with Gasteiger partial charge in [-0.15, -0.1) is 0 Å². The van der Waals surface area contributed by atoms with Gasteiger partial charge in [-0.1, -0.05) is 115 Å². The lowest BCUT2D eigenvalue weighted by atomic mass is 9.94. The summed E-state index contributed by atoms with van der Waals surface area (Å²) in [6, 6.07) is 28.7. The number of sulfonamides is 1. The number of halogens is 2. The Morgan fingerprint density at radius 3 is 2.11 bits per heavy atom. The molecule has 1 saturated carbocycles. The summed E-state index contributed by atoms with van der Waals surface area (Å²) in [4.78, 5) is 30.4. The number of amides is 2. The summed E-state index contributed by atoms with van der Waals surface area (Å²) >= 11 is 13.1. The first-order valence-corrected chi connectivity index (χ1v) is 18.0. The van der Waals surface area contributed by atoms with Gasteiger partial charge in [0, 0.05) is 29.1 Å². The van der Waals surface area contributed by atoms with E-state index in [4.69, 9.17) is 23.2 Å². The summed E-state index contributed by atoms with van der Waals surface area (Å²) < 4.78 is 29.6. The Balaban J connectivity index is 1.59. The van der Waals surface area contributed by atoms with Crippen molar-refractivity contribution < 1.29 is 18.0 Å². The standard InChI is InChI=1S/C37H39Cl2N3O4S/c1-27-32(38)22-13-23-34(27)42(47(45,46)31-19-9-4-10-20-31)26-36(43)41(25-29-16-11-12-21-33(29)39)35(24-28-14-5-2-6-15-28)37(44)40-30-17-7-3-8-18-30/h2,4-6,9-16,19-23,30,35H,3,7-8,17-18,24-26H2,1H3,(H,40,44)/t35-/m0/s1. The van der Waals surface area contributed by atoms with Gasteiger partial charge < -0.3 is 10.2 Å². The predicted molar refractivity (Wildman–Crippen MR) is 188 cm³/mol. The normalized spacial score (nSPS) is 14.3. The molecule has 1 fully saturated rings. The summed E-state index contributed by atoms with van der Waals surface area (Å²) in [6.45, 7) is 1.15. The second-order valence-corrected chi connectivity index (χ2v) is 14.5. The van der Waals surface area contributed by atoms with E-state index in [9.17, 15) is 18.0 Å². The molecule has 0 spiro atoms. The molecule has 0 aliphatic heterocycles. The van der Waals surface area contributed by atoms with Crippen LogP contribution in [0.2, 0.25) is 10.0 Å². The van der Waals surface area contributed by atoms with E-state index in [0.717, 1.165) is 42.0 Å². The Bertz CT molecular complexity index is 1780. The first-order valence-electron chi connectivity index (χ1n) is 15.8. The monoisotopic (exact) mass is 691 g/mol. The van der Waals surface area contributed by atoms with E-state index >= 15 is 0 Å². The molecule has 1 atom stereocenters. The molecule has 0 bridgehead atoms. The van der Waals surface area contributed by atoms with Gasteiger partial charge in [-0.3, -0.25) is 13.9 Å². The lowest BCUT2D eigenvalue weighted by Crippen LogP contribution is -2.55. The molecule has 10 heteroatoms. The summed E-state index contributed by atoms with van der Waals surface area (Å²) in [6.07, 6.45) is 5.17. The van der Waals surface area contributed by atoms with Crippen molar-refractivity contribution in [1.82, 2.24) is 10.2 Å². The molecule has 7 nitrogen and oxygen atoms in total. The highest BCUT2D eigenvalue weighted by Gasteiger charge is 2.36. The van der Waals surface area contributed by atoms with Crippen LogP contribution in [-0.4, -0.2) is 43.8 Å². The van der Waals surface area contributed by atoms with Gasteiger partial charge in [-0.25, -0.2) is 8.42 Å². The quantitative estimate of drug-likeness (QED) is 0.166. The largest absolute Gasteiger partial charge is 0.352 e. The Hall–Kier alpha value is -3.85. The van der Waals surface area contributed by atoms with E-state index in [1.165, 1.54) is 17.0 Å². The number of carbonyl (C=O) groups is 2. The van der Waals surface area contributed by atoms with Crippen molar-refractivity contribution in [3.8, 4) is 0 Å². The molecular formula is C37H39Cl2N3O4S. The molecule has 1 aliphatic rings. The topological polar surface area (TPSA) is 86.8 Å². The van der Waals surface area contributed by atoms with Crippen LogP contribution in [0.5, 0.6) is 0 Å². The number of hydrogen-bond acceptors (Lipinski definition) is 4. The molecular weight excluding hydrogens is 653 g/mol. The molecule has 0 saturated heterocycles. The molecule has 0 heterocycles. The average molecular weight is 693 g/mol. The maximum atomic E-state index is 14.7. The van der Waals surface area contributed by atoms with Gasteiger partial charge in [0.15, 0.2) is 0 Å². The second-order valence-electron chi connectivity index (χ2n) is 11.9. The van der Waals surface area contributed by atoms with Crippen molar-refractivity contribution in [3.63, 3.8) is 0 Å². The third kappa shape index (κ3) is 8.55. The van der Waals surface area contributed by atoms with Crippen molar-refractivity contribution >= 4 is 50.7 Å². The van der Waals surface area contributed by atoms with Crippen molar-refractivity contribution in [2.75, 3.05) is 10.8 Å². The number of benzene rings is 4. The van der Waals surface area contributed by atoms with Gasteiger partial charge in [0.1, 0.15) is 12.6 Å². The van der Waals surface area contributed by atoms with Crippen molar-refractivity contribution in [2.24, 2.45) is 0 Å². The van der Waals surface area contributed by atoms with E-state index in [0.29, 0.717) is 21.2 Å². The number of nitrogens with one attached hydrogen (secondary N) is 1. The molecule has 1 N–H and O–H groups in total. The smallest absolute Gasteiger partial charge is 0.264 e. The van der Waals surface area contributed by atoms with Gasteiger partial charge in [0.2, 0.25) is 11.8 Å². The zero-order valence-electron chi connectivity index (χ0n) is 26.3. The van der Waals surface area contributed by atoms with Gasteiger partial charge in [0.25, 0.3) is 10.0 Å². The zero-order chi connectivity index (χ0) is 33.4. The highest BCUT2D eigenvalue weighted by atomic mass is 35.5. The maximum Gasteiger partial charge on any atom is 0.264 e. The molecule has 4 aromatic rings. The van der Waals surface area contributed by atoms with Gasteiger partial charge in [-0.05, 0) is 66.8 Å². The molecule has 5 rings (SSSR count). The van der Waals surface area contributed by atoms with Crippen molar-refractivity contribution in [1.29, 1.82) is 0 Å². The van der Waals surface area contributed by atoms with Crippen LogP contribution in [0.25, 0.3) is 0 Å². The fourth-order valence-electron chi connectivity index (χ4n) is 6.01. The van der Waals surface area contributed by atoms with Crippen LogP contribution in [0, 0.1) is 6.92 Å². The second kappa shape index (κ2) is 15.8. The molecule has 2 amide bonds. The van der Waals surface area contributed by atoms with Crippen LogP contribution in [0.3, 0.4) is 0 Å². The molecule has 0 radical (unpaired) electrons. The molecule has 47 heavy (non-hydrogen) atoms. The Morgan fingerprint density at radius 1 is 0.809 bits per heavy atom. The fraction of sp³-hybridized carbons (Fsp3) is 0.297. The minimum absolute atomic E-state index is 0.00183. The Morgan fingerprint density at radius 2 is 1.43 bits per heavy atom. The lowest BCUT2D eigenvalue weighted by Gasteiger charge is -2.35. The lowest BCUT2D eigenvalue weighted by molar-refractivity contribution is -0.140. The van der Waals surface area contributed by atoms with E-state index in [2.05, 4.69) is 5.32 Å². The number of rotatable bonds is 12. The number of carbonyl (C=O) groups excluding carboxylic acids is 2. The van der Waals surface area contributed by atoms with E-state index in [1.807, 2.05) is 36.4 Å². The van der Waals surface area contributed by atoms with Crippen LogP contribution < -0.4 is 9.62 Å². The SMILES string of the molecule is Cc1c(Cl)cccc1N(CC(=O)N(Cc1ccccc1Cl)[C@@H](Cc1ccccc1)C(=O)NC1CCCCC1)S(=O)(=O)c1ccccc1. The van der Waals surface area contributed by atoms with E-state index < -0.39 is 28.5 Å². The Kier molecular flexibility index (Phi) is 11.6. The van der Waals surface area contributed by atoms with E-state index in [-0.39, 0.29) is 35.5 Å². The molecule has 4 aromatic carbocycles. The van der Waals surface area contributed by atoms with Crippen molar-refractivity contribution in [2.45, 2.75) is 69.0 Å². The van der Waals surface area contributed by atoms with Crippen molar-refractivity contribution in [3.05, 3.63) is 130 Å². The third-order valence-electron chi connectivity index (χ3n) is 8.64. The molecule has 246 valence electrons. The summed E-state index contributed by atoms with van der Waals surface area (Å²) in [5.74, 6) is -0.832. The predicted octanol–water partition coefficient (Wildman–Crippen LogP) is 7.59. The van der Waals surface area contributed by atoms with Crippen LogP contribution >= 0.6 is 23.2 Å². The van der Waals surface area contributed by atoms with Gasteiger partial charge in [-0.2, -0.15) is 0 Å². The number of nitrogens with zero attached hydrogens (tertiary/aromatic N) is 2. The van der Waals surface area contributed by atoms with Gasteiger partial charge >= 0.3 is 0 Å². The van der Waals surface area contributed by atoms with Gasteiger partial charge in [0.05, 0.1) is 10.6 Å². The summed E-state index contributed by atoms with van der Waals surface area (Å²) in [5, 5.41) is 4.02. The van der Waals surface area contributed by atoms with Crippen LogP contribution in [0.1, 0.15) is 48.8 Å². The van der Waals surface area contributed by atoms with Crippen LogP contribution in [0.4, 0.5) is 5.69 Å². The zero-order valence-corrected chi connectivity index (χ0v) is 28.6. The first kappa shape index (κ1) is 34.5. The van der Waals surface area contributed by atoms with Crippen LogP contribution in [0.15, 0.2) is 108 Å². The molecule has 1 aliphatic carbocycles. The molecule has 0 unspecified atom stereocenters. The minimum atomic E-state index is -4.23. The number of anilines is 1. The minimum Gasteiger partial charge on any atom is -0.352 e. The third-order valence-corrected chi connectivity index (χ3v) is 11.2. The average Bonchev–Trinajstić information content (AvgIpc) is 3.08. The number of hydrogen-bond donors (Lipinski definition) is 1. The Labute approximate surface area is 287 Å². The van der Waals surface area contributed by atoms with Crippen LogP contribution in [-0.2, 0) is 32.6 Å². The fourth-order valence-corrected chi connectivity index (χ4v) is 7.87. The van der Waals surface area contributed by atoms with E-state index in [1.54, 1.807) is 61.5 Å². The summed E-state index contributed by atoms with van der Waals surface area (Å²) in [7, 11) is -4.23. The highest BCUT2D eigenvalue weighted by Crippen LogP contribution is 2.32. The first-order chi connectivity index (χ1) is 22.6.